The molecule has 0 heterocycles. The lowest BCUT2D eigenvalue weighted by molar-refractivity contribution is 0.559. The molecule has 1 atom stereocenters. The number of para-hydroxylation sites is 1. The van der Waals surface area contributed by atoms with Gasteiger partial charge in [0.05, 0.1) is 10.7 Å². The van der Waals surface area contributed by atoms with Crippen LogP contribution in [-0.4, -0.2) is 20.8 Å². The van der Waals surface area contributed by atoms with E-state index in [0.29, 0.717) is 28.9 Å². The predicted octanol–water partition coefficient (Wildman–Crippen LogP) is 3.28. The molecule has 1 aliphatic rings. The van der Waals surface area contributed by atoms with Crippen molar-refractivity contribution in [3.05, 3.63) is 59.7 Å². The molecular formula is C19H23N3O2S. The van der Waals surface area contributed by atoms with Crippen LogP contribution < -0.4 is 10.5 Å². The molecule has 0 saturated carbocycles. The Balaban J connectivity index is 1.86. The van der Waals surface area contributed by atoms with Gasteiger partial charge in [-0.15, -0.1) is 0 Å². The lowest BCUT2D eigenvalue weighted by atomic mass is 9.83. The number of hydrogen-bond donors (Lipinski definition) is 2. The second-order valence-electron chi connectivity index (χ2n) is 6.40. The van der Waals surface area contributed by atoms with Crippen LogP contribution >= 0.6 is 0 Å². The number of fused-ring (bicyclic) bond motifs is 1. The Bertz CT molecular complexity index is 873. The van der Waals surface area contributed by atoms with Crippen LogP contribution in [0.15, 0.2) is 58.4 Å². The van der Waals surface area contributed by atoms with Gasteiger partial charge in [-0.3, -0.25) is 9.71 Å². The van der Waals surface area contributed by atoms with Crippen LogP contribution in [0.3, 0.4) is 0 Å². The van der Waals surface area contributed by atoms with Crippen molar-refractivity contribution in [2.75, 3.05) is 11.3 Å². The Labute approximate surface area is 149 Å². The number of nitrogens with one attached hydrogen (secondary N) is 1. The maximum absolute atomic E-state index is 12.6. The Kier molecular flexibility index (Phi) is 5.08. The van der Waals surface area contributed by atoms with E-state index in [2.05, 4.69) is 9.71 Å². The fourth-order valence-electron chi connectivity index (χ4n) is 3.22. The molecule has 0 amide bonds. The van der Waals surface area contributed by atoms with Gasteiger partial charge in [-0.2, -0.15) is 0 Å². The Morgan fingerprint density at radius 2 is 2.00 bits per heavy atom. The molecule has 1 unspecified atom stereocenters. The average molecular weight is 357 g/mol. The minimum Gasteiger partial charge on any atom is -0.388 e. The molecular weight excluding hydrogens is 334 g/mol. The van der Waals surface area contributed by atoms with Gasteiger partial charge in [0.2, 0.25) is 0 Å². The van der Waals surface area contributed by atoms with Gasteiger partial charge in [0.25, 0.3) is 10.0 Å². The molecule has 0 bridgehead atoms. The monoisotopic (exact) mass is 357 g/mol. The molecule has 0 fully saturated rings. The normalized spacial score (nSPS) is 17.8. The molecule has 2 aromatic rings. The van der Waals surface area contributed by atoms with E-state index in [4.69, 9.17) is 5.73 Å². The van der Waals surface area contributed by atoms with E-state index in [1.54, 1.807) is 43.3 Å². The molecule has 0 saturated heterocycles. The SMILES string of the molecule is CC(N)=NCC1CCCc2cc(S(=O)(=O)Nc3ccccc3)ccc21. The van der Waals surface area contributed by atoms with Gasteiger partial charge in [-0.05, 0) is 61.6 Å². The summed E-state index contributed by atoms with van der Waals surface area (Å²) in [4.78, 5) is 4.64. The van der Waals surface area contributed by atoms with Gasteiger partial charge in [0, 0.05) is 18.2 Å². The molecule has 2 aromatic carbocycles. The van der Waals surface area contributed by atoms with Gasteiger partial charge in [0.15, 0.2) is 0 Å². The van der Waals surface area contributed by atoms with Crippen LogP contribution in [-0.2, 0) is 16.4 Å². The van der Waals surface area contributed by atoms with Crippen molar-refractivity contribution in [1.29, 1.82) is 0 Å². The minimum absolute atomic E-state index is 0.300. The number of benzene rings is 2. The number of amidine groups is 1. The van der Waals surface area contributed by atoms with Gasteiger partial charge in [-0.1, -0.05) is 24.3 Å². The highest BCUT2D eigenvalue weighted by atomic mass is 32.2. The Morgan fingerprint density at radius 1 is 1.24 bits per heavy atom. The number of sulfonamides is 1. The van der Waals surface area contributed by atoms with Crippen molar-refractivity contribution in [3.8, 4) is 0 Å². The molecule has 0 aromatic heterocycles. The summed E-state index contributed by atoms with van der Waals surface area (Å²) in [6.07, 6.45) is 2.98. The van der Waals surface area contributed by atoms with Crippen molar-refractivity contribution in [2.45, 2.75) is 37.0 Å². The first-order valence-corrected chi connectivity index (χ1v) is 9.91. The number of aliphatic imine (C=N–C) groups is 1. The molecule has 132 valence electrons. The van der Waals surface area contributed by atoms with Crippen molar-refractivity contribution >= 4 is 21.5 Å². The van der Waals surface area contributed by atoms with E-state index in [1.165, 1.54) is 5.56 Å². The number of nitrogens with zero attached hydrogens (tertiary/aromatic N) is 1. The fourth-order valence-corrected chi connectivity index (χ4v) is 4.33. The number of rotatable bonds is 5. The first-order chi connectivity index (χ1) is 12.0. The summed E-state index contributed by atoms with van der Waals surface area (Å²) in [5, 5.41) is 0. The highest BCUT2D eigenvalue weighted by Gasteiger charge is 2.23. The fraction of sp³-hybridized carbons (Fsp3) is 0.316. The summed E-state index contributed by atoms with van der Waals surface area (Å²) in [6, 6.07) is 14.3. The second kappa shape index (κ2) is 7.27. The van der Waals surface area contributed by atoms with Crippen LogP contribution in [0, 0.1) is 0 Å². The molecule has 25 heavy (non-hydrogen) atoms. The number of aryl methyl sites for hydroxylation is 1. The topological polar surface area (TPSA) is 84.5 Å². The zero-order valence-corrected chi connectivity index (χ0v) is 15.1. The second-order valence-corrected chi connectivity index (χ2v) is 8.09. The summed E-state index contributed by atoms with van der Waals surface area (Å²) in [7, 11) is -3.59. The van der Waals surface area contributed by atoms with Crippen molar-refractivity contribution < 1.29 is 8.42 Å². The van der Waals surface area contributed by atoms with Crippen molar-refractivity contribution in [1.82, 2.24) is 0 Å². The third-order valence-electron chi connectivity index (χ3n) is 4.45. The summed E-state index contributed by atoms with van der Waals surface area (Å²) in [5.74, 6) is 0.888. The van der Waals surface area contributed by atoms with Gasteiger partial charge < -0.3 is 5.73 Å². The van der Waals surface area contributed by atoms with Crippen molar-refractivity contribution in [3.63, 3.8) is 0 Å². The van der Waals surface area contributed by atoms with E-state index in [-0.39, 0.29) is 0 Å². The van der Waals surface area contributed by atoms with E-state index in [1.807, 2.05) is 12.1 Å². The molecule has 3 N–H and O–H groups in total. The lowest BCUT2D eigenvalue weighted by Gasteiger charge is -2.25. The summed E-state index contributed by atoms with van der Waals surface area (Å²) < 4.78 is 27.9. The smallest absolute Gasteiger partial charge is 0.261 e. The van der Waals surface area contributed by atoms with Gasteiger partial charge in [-0.25, -0.2) is 8.42 Å². The number of anilines is 1. The number of hydrogen-bond acceptors (Lipinski definition) is 3. The Hall–Kier alpha value is -2.34. The van der Waals surface area contributed by atoms with Crippen LogP contribution in [0.5, 0.6) is 0 Å². The molecule has 0 spiro atoms. The molecule has 1 aliphatic carbocycles. The lowest BCUT2D eigenvalue weighted by Crippen LogP contribution is -2.17. The maximum atomic E-state index is 12.6. The molecule has 0 aliphatic heterocycles. The van der Waals surface area contributed by atoms with E-state index in [0.717, 1.165) is 24.8 Å². The zero-order valence-electron chi connectivity index (χ0n) is 14.3. The molecule has 6 heteroatoms. The summed E-state index contributed by atoms with van der Waals surface area (Å²) >= 11 is 0. The third-order valence-corrected chi connectivity index (χ3v) is 5.83. The van der Waals surface area contributed by atoms with Gasteiger partial charge >= 0.3 is 0 Å². The maximum Gasteiger partial charge on any atom is 0.261 e. The van der Waals surface area contributed by atoms with Gasteiger partial charge in [0.1, 0.15) is 0 Å². The Morgan fingerprint density at radius 3 is 2.72 bits per heavy atom. The van der Waals surface area contributed by atoms with E-state index < -0.39 is 10.0 Å². The first-order valence-electron chi connectivity index (χ1n) is 8.43. The first kappa shape index (κ1) is 17.5. The van der Waals surface area contributed by atoms with Crippen LogP contribution in [0.4, 0.5) is 5.69 Å². The van der Waals surface area contributed by atoms with Crippen molar-refractivity contribution in [2.24, 2.45) is 10.7 Å². The zero-order chi connectivity index (χ0) is 17.9. The minimum atomic E-state index is -3.59. The molecule has 5 nitrogen and oxygen atoms in total. The molecule has 0 radical (unpaired) electrons. The quantitative estimate of drug-likeness (QED) is 0.636. The third kappa shape index (κ3) is 4.20. The average Bonchev–Trinajstić information content (AvgIpc) is 2.59. The van der Waals surface area contributed by atoms with Crippen LogP contribution in [0.1, 0.15) is 36.8 Å². The highest BCUT2D eigenvalue weighted by Crippen LogP contribution is 2.33. The highest BCUT2D eigenvalue weighted by molar-refractivity contribution is 7.92. The standard InChI is InChI=1S/C19H23N3O2S/c1-14(20)21-13-16-7-5-6-15-12-18(10-11-19(15)16)25(23,24)22-17-8-3-2-4-9-17/h2-4,8-12,16,22H,5-7,13H2,1H3,(H2,20,21). The largest absolute Gasteiger partial charge is 0.388 e. The van der Waals surface area contributed by atoms with E-state index in [9.17, 15) is 8.42 Å². The van der Waals surface area contributed by atoms with E-state index >= 15 is 0 Å². The van der Waals surface area contributed by atoms with Crippen LogP contribution in [0.25, 0.3) is 0 Å². The summed E-state index contributed by atoms with van der Waals surface area (Å²) in [6.45, 7) is 2.44. The predicted molar refractivity (Wildman–Crippen MR) is 102 cm³/mol. The number of nitrogens with two attached hydrogens (primary N) is 1. The summed E-state index contributed by atoms with van der Waals surface area (Å²) in [5.41, 5.74) is 8.49. The molecule has 3 rings (SSSR count). The van der Waals surface area contributed by atoms with Crippen LogP contribution in [0.2, 0.25) is 0 Å².